The van der Waals surface area contributed by atoms with E-state index in [4.69, 9.17) is 28.9 Å². The summed E-state index contributed by atoms with van der Waals surface area (Å²) in [6.07, 6.45) is 7.28. The Morgan fingerprint density at radius 3 is 2.16 bits per heavy atom. The van der Waals surface area contributed by atoms with Gasteiger partial charge in [0.2, 0.25) is 5.79 Å². The third kappa shape index (κ3) is 11.2. The molecule has 1 heterocycles. The first-order valence-electron chi connectivity index (χ1n) is 23.0. The van der Waals surface area contributed by atoms with Gasteiger partial charge in [-0.1, -0.05) is 43.1 Å². The maximum atomic E-state index is 14.7. The predicted molar refractivity (Wildman–Crippen MR) is 252 cm³/mol. The van der Waals surface area contributed by atoms with Crippen molar-refractivity contribution in [3.8, 4) is 23.0 Å². The smallest absolute Gasteiger partial charge is 0.415 e. The van der Waals surface area contributed by atoms with E-state index in [9.17, 15) is 45.4 Å². The summed E-state index contributed by atoms with van der Waals surface area (Å²) in [6, 6.07) is 21.3. The number of carbonyl (C=O) groups excluding carboxylic acids is 1. The van der Waals surface area contributed by atoms with Crippen molar-refractivity contribution in [1.82, 2.24) is 4.90 Å². The van der Waals surface area contributed by atoms with Crippen LogP contribution in [0.2, 0.25) is 0 Å². The zero-order valence-corrected chi connectivity index (χ0v) is 38.1. The van der Waals surface area contributed by atoms with E-state index in [0.717, 1.165) is 11.1 Å². The molecule has 2 aliphatic carbocycles. The van der Waals surface area contributed by atoms with Gasteiger partial charge in [-0.2, -0.15) is 0 Å². The molecular weight excluding hydrogens is 895 g/mol. The maximum absolute atomic E-state index is 14.7. The third-order valence-corrected chi connectivity index (χ3v) is 12.8. The van der Waals surface area contributed by atoms with E-state index in [-0.39, 0.29) is 79.8 Å². The summed E-state index contributed by atoms with van der Waals surface area (Å²) < 4.78 is 26.5. The highest BCUT2D eigenvalue weighted by Gasteiger charge is 2.65. The molecule has 0 radical (unpaired) electrons. The predicted octanol–water partition coefficient (Wildman–Crippen LogP) is 9.95. The van der Waals surface area contributed by atoms with Crippen LogP contribution >= 0.6 is 0 Å². The molecular formula is C50H55N5O14. The highest BCUT2D eigenvalue weighted by Crippen LogP contribution is 2.62. The van der Waals surface area contributed by atoms with Crippen molar-refractivity contribution < 1.29 is 53.6 Å². The lowest BCUT2D eigenvalue weighted by atomic mass is 9.55. The summed E-state index contributed by atoms with van der Waals surface area (Å²) in [5.41, 5.74) is 2.18. The van der Waals surface area contributed by atoms with E-state index in [1.165, 1.54) is 59.5 Å². The van der Waals surface area contributed by atoms with E-state index in [0.29, 0.717) is 67.7 Å². The number of carbonyl (C=O) groups is 1. The van der Waals surface area contributed by atoms with Gasteiger partial charge in [0, 0.05) is 68.0 Å². The van der Waals surface area contributed by atoms with Crippen LogP contribution in [0.25, 0.3) is 0 Å². The molecule has 1 amide bonds. The number of nitrogens with zero attached hydrogens (tertiary/aromatic N) is 5. The van der Waals surface area contributed by atoms with Gasteiger partial charge in [0.25, 0.3) is 17.1 Å². The number of amides is 1. The molecule has 6 atom stereocenters. The maximum Gasteiger partial charge on any atom is 0.415 e. The molecule has 4 aromatic rings. The van der Waals surface area contributed by atoms with Crippen molar-refractivity contribution in [3.05, 3.63) is 157 Å². The first kappa shape index (κ1) is 49.7. The lowest BCUT2D eigenvalue weighted by Gasteiger charge is -2.59. The summed E-state index contributed by atoms with van der Waals surface area (Å²) in [6.45, 7) is 5.95. The van der Waals surface area contributed by atoms with Crippen LogP contribution in [0.1, 0.15) is 75.3 Å². The minimum Gasteiger partial charge on any atom is -0.459 e. The molecule has 0 bridgehead atoms. The number of unbranched alkanes of at least 4 members (excludes halogenated alkanes) is 2. The van der Waals surface area contributed by atoms with Gasteiger partial charge in [0.1, 0.15) is 35.6 Å². The number of hydrogen-bond acceptors (Lipinski definition) is 15. The quantitative estimate of drug-likeness (QED) is 0.0304. The molecule has 2 N–H and O–H groups in total. The van der Waals surface area contributed by atoms with Crippen LogP contribution in [-0.4, -0.2) is 79.9 Å². The van der Waals surface area contributed by atoms with Crippen LogP contribution < -0.4 is 14.2 Å². The molecule has 1 saturated carbocycles. The van der Waals surface area contributed by atoms with Crippen molar-refractivity contribution >= 4 is 28.9 Å². The van der Waals surface area contributed by atoms with Gasteiger partial charge < -0.3 is 34.0 Å². The van der Waals surface area contributed by atoms with E-state index in [1.54, 1.807) is 36.4 Å². The van der Waals surface area contributed by atoms with Crippen LogP contribution in [0, 0.1) is 48.1 Å². The normalized spacial score (nSPS) is 21.7. The van der Waals surface area contributed by atoms with Gasteiger partial charge in [0.15, 0.2) is 0 Å². The first-order chi connectivity index (χ1) is 33.4. The number of hydrogen-bond donors (Lipinski definition) is 2. The summed E-state index contributed by atoms with van der Waals surface area (Å²) in [5.74, 6) is -1.91. The number of allylic oxidation sites excluding steroid dienone is 1. The van der Waals surface area contributed by atoms with Crippen molar-refractivity contribution in [2.24, 2.45) is 22.9 Å². The number of ether oxygens (including phenoxy) is 4. The number of aliphatic hydroxyl groups is 2. The number of fused-ring (bicyclic) bond motifs is 2. The van der Waals surface area contributed by atoms with Gasteiger partial charge in [-0.05, 0) is 104 Å². The van der Waals surface area contributed by atoms with Crippen LogP contribution in [0.5, 0.6) is 23.0 Å². The second-order valence-corrected chi connectivity index (χ2v) is 17.1. The molecule has 364 valence electrons. The second-order valence-electron chi connectivity index (χ2n) is 17.1. The van der Waals surface area contributed by atoms with Crippen molar-refractivity contribution in [2.75, 3.05) is 26.4 Å². The lowest BCUT2D eigenvalue weighted by molar-refractivity contribution is -0.385. The van der Waals surface area contributed by atoms with Crippen LogP contribution in [0.4, 0.5) is 21.9 Å². The Hall–Kier alpha value is -7.22. The Kier molecular flexibility index (Phi) is 16.4. The average Bonchev–Trinajstić information content (AvgIpc) is 3.34. The minimum atomic E-state index is -1.65. The largest absolute Gasteiger partial charge is 0.459 e. The molecule has 1 aliphatic heterocycles. The van der Waals surface area contributed by atoms with E-state index in [1.807, 2.05) is 13.0 Å². The topological polar surface area (TPSA) is 249 Å². The Labute approximate surface area is 398 Å². The first-order valence-corrected chi connectivity index (χ1v) is 23.0. The number of nitro groups is 3. The van der Waals surface area contributed by atoms with Gasteiger partial charge in [-0.25, -0.2) is 4.79 Å². The molecule has 1 fully saturated rings. The van der Waals surface area contributed by atoms with E-state index in [2.05, 4.69) is 12.7 Å². The fourth-order valence-electron chi connectivity index (χ4n) is 9.82. The molecule has 4 aromatic carbocycles. The van der Waals surface area contributed by atoms with E-state index >= 15 is 0 Å². The number of aliphatic hydroxyl groups excluding tert-OH is 2. The SMILES string of the molecule is C=CCOC12Oc3ccc(Oc4cccc([N+](=O)[O-])c4)cc3C3C(CCCCO)C(CCCCO)C=C(C(=NOCc4ccc([N+](=O)[O-])cc4)CC1N(CCC)C(=O)Oc1ccc([N+](=O)[O-])cc1)C32. The van der Waals surface area contributed by atoms with Crippen molar-refractivity contribution in [1.29, 1.82) is 0 Å². The summed E-state index contributed by atoms with van der Waals surface area (Å²) in [7, 11) is 0. The van der Waals surface area contributed by atoms with Crippen molar-refractivity contribution in [3.63, 3.8) is 0 Å². The number of oxime groups is 1. The zero-order chi connectivity index (χ0) is 49.1. The Balaban J connectivity index is 1.42. The Morgan fingerprint density at radius 1 is 0.855 bits per heavy atom. The Morgan fingerprint density at radius 2 is 1.51 bits per heavy atom. The molecule has 6 unspecified atom stereocenters. The molecule has 3 aliphatic rings. The van der Waals surface area contributed by atoms with Gasteiger partial charge in [0.05, 0.1) is 39.1 Å². The average molecular weight is 950 g/mol. The summed E-state index contributed by atoms with van der Waals surface area (Å²) in [4.78, 5) is 55.3. The number of non-ortho nitro benzene ring substituents is 3. The number of benzene rings is 4. The molecule has 0 aromatic heterocycles. The molecule has 19 nitrogen and oxygen atoms in total. The van der Waals surface area contributed by atoms with Crippen LogP contribution in [0.3, 0.4) is 0 Å². The molecule has 7 rings (SSSR count). The van der Waals surface area contributed by atoms with E-state index < -0.39 is 44.5 Å². The van der Waals surface area contributed by atoms with Crippen molar-refractivity contribution in [2.45, 2.75) is 82.6 Å². The molecule has 69 heavy (non-hydrogen) atoms. The van der Waals surface area contributed by atoms with Crippen LogP contribution in [0.15, 0.2) is 120 Å². The third-order valence-electron chi connectivity index (χ3n) is 12.8. The highest BCUT2D eigenvalue weighted by molar-refractivity contribution is 6.03. The number of rotatable bonds is 23. The fraction of sp³-hybridized carbons (Fsp3) is 0.400. The second kappa shape index (κ2) is 22.7. The molecule has 0 spiro atoms. The molecule has 19 heteroatoms. The van der Waals surface area contributed by atoms with Gasteiger partial charge in [-0.3, -0.25) is 35.2 Å². The fourth-order valence-corrected chi connectivity index (χ4v) is 9.82. The van der Waals surface area contributed by atoms with Crippen LogP contribution in [-0.2, 0) is 16.2 Å². The molecule has 0 saturated heterocycles. The lowest BCUT2D eigenvalue weighted by Crippen LogP contribution is -2.70. The minimum absolute atomic E-state index is 0.00611. The van der Waals surface area contributed by atoms with Gasteiger partial charge >= 0.3 is 6.09 Å². The monoisotopic (exact) mass is 949 g/mol. The summed E-state index contributed by atoms with van der Waals surface area (Å²) >= 11 is 0. The van der Waals surface area contributed by atoms with Gasteiger partial charge in [-0.15, -0.1) is 6.58 Å². The Bertz CT molecular complexity index is 2550. The zero-order valence-electron chi connectivity index (χ0n) is 38.1. The number of nitro benzene ring substituents is 3. The summed E-state index contributed by atoms with van der Waals surface area (Å²) in [5, 5.41) is 59.3. The standard InChI is InChI=1S/C50H55N5O14/c1-3-24-52(49(58)68-38-20-18-36(19-21-38)54(61)62)46-31-44(51-66-32-33-14-16-35(17-15-33)53(59)60)42-28-34(10-5-7-25-56)41(13-6-8-26-57)47-43-30-40(67-39-12-9-11-37(29-39)55(63)64)22-23-45(43)69-50(46,48(42)47)65-27-4-2/h4,9,11-12,14-23,28-30,34,41,46-48,56-57H,2-3,5-8,10,13,24-27,31-32H2,1H3. The highest BCUT2D eigenvalue weighted by atomic mass is 16.7.